The fourth-order valence-corrected chi connectivity index (χ4v) is 3.50. The molecule has 0 unspecified atom stereocenters. The number of benzene rings is 1. The maximum Gasteiger partial charge on any atom is 0.245 e. The Balaban J connectivity index is 1.78. The minimum absolute atomic E-state index is 0.0698. The number of anilines is 2. The molecule has 2 amide bonds. The Hall–Kier alpha value is -4.02. The Bertz CT molecular complexity index is 1240. The number of hydrogen-bond donors (Lipinski definition) is 3. The zero-order valence-electron chi connectivity index (χ0n) is 17.7. The SMILES string of the molecule is CC(C)Oc1cc(-c2nc(N)c3c(n2)NC(=O)[C@]3(C)C(N)=O)nn1Cc1ccccc1F. The van der Waals surface area contributed by atoms with Crippen molar-refractivity contribution in [2.45, 2.75) is 38.8 Å². The van der Waals surface area contributed by atoms with E-state index < -0.39 is 17.2 Å². The average Bonchev–Trinajstić information content (AvgIpc) is 3.22. The Labute approximate surface area is 182 Å². The number of carbonyl (C=O) groups is 2. The van der Waals surface area contributed by atoms with Gasteiger partial charge in [-0.15, -0.1) is 0 Å². The number of amides is 2. The van der Waals surface area contributed by atoms with Gasteiger partial charge in [-0.3, -0.25) is 9.59 Å². The molecule has 0 bridgehead atoms. The monoisotopic (exact) mass is 439 g/mol. The molecule has 3 heterocycles. The van der Waals surface area contributed by atoms with Crippen molar-refractivity contribution in [1.82, 2.24) is 19.7 Å². The van der Waals surface area contributed by atoms with Crippen LogP contribution in [0.1, 0.15) is 31.9 Å². The lowest BCUT2D eigenvalue weighted by Gasteiger charge is -2.18. The van der Waals surface area contributed by atoms with E-state index in [2.05, 4.69) is 20.4 Å². The summed E-state index contributed by atoms with van der Waals surface area (Å²) in [6.45, 7) is 5.19. The minimum Gasteiger partial charge on any atom is -0.475 e. The Kier molecular flexibility index (Phi) is 5.03. The van der Waals surface area contributed by atoms with Gasteiger partial charge in [-0.2, -0.15) is 5.10 Å². The number of carbonyl (C=O) groups excluding carboxylic acids is 2. The number of fused-ring (bicyclic) bond motifs is 1. The summed E-state index contributed by atoms with van der Waals surface area (Å²) in [6, 6.07) is 7.96. The fraction of sp³-hybridized carbons (Fsp3) is 0.286. The topological polar surface area (TPSA) is 151 Å². The van der Waals surface area contributed by atoms with Crippen LogP contribution in [-0.4, -0.2) is 37.7 Å². The Morgan fingerprint density at radius 1 is 1.31 bits per heavy atom. The predicted octanol–water partition coefficient (Wildman–Crippen LogP) is 1.59. The molecule has 11 heteroatoms. The Morgan fingerprint density at radius 3 is 2.69 bits per heavy atom. The first-order chi connectivity index (χ1) is 15.1. The molecule has 3 aromatic rings. The molecule has 0 radical (unpaired) electrons. The van der Waals surface area contributed by atoms with Crippen molar-refractivity contribution < 1.29 is 18.7 Å². The standard InChI is InChI=1S/C21H22FN7O3/c1-10(2)32-14-8-13(28-29(14)9-11-6-4-5-7-12(11)22)17-25-16(23)15-18(26-17)27-20(31)21(15,3)19(24)30/h4-8,10H,9H2,1-3H3,(H2,24,30)(H3,23,25,26,27,31)/t21-/m0/s1. The molecule has 0 saturated carbocycles. The van der Waals surface area contributed by atoms with Gasteiger partial charge in [0.2, 0.25) is 17.7 Å². The molecule has 166 valence electrons. The molecular weight excluding hydrogens is 417 g/mol. The number of nitrogens with one attached hydrogen (secondary N) is 1. The third-order valence-corrected chi connectivity index (χ3v) is 5.22. The van der Waals surface area contributed by atoms with Gasteiger partial charge in [0.1, 0.15) is 23.1 Å². The van der Waals surface area contributed by atoms with Gasteiger partial charge in [0.05, 0.1) is 18.2 Å². The average molecular weight is 439 g/mol. The van der Waals surface area contributed by atoms with Gasteiger partial charge < -0.3 is 21.5 Å². The molecule has 32 heavy (non-hydrogen) atoms. The van der Waals surface area contributed by atoms with Crippen LogP contribution in [0.4, 0.5) is 16.0 Å². The van der Waals surface area contributed by atoms with Crippen molar-refractivity contribution in [3.05, 3.63) is 47.3 Å². The van der Waals surface area contributed by atoms with Crippen molar-refractivity contribution in [2.75, 3.05) is 11.1 Å². The minimum atomic E-state index is -1.67. The molecule has 10 nitrogen and oxygen atoms in total. The molecule has 0 fully saturated rings. The fourth-order valence-electron chi connectivity index (χ4n) is 3.50. The van der Waals surface area contributed by atoms with Gasteiger partial charge in [0.25, 0.3) is 0 Å². The highest BCUT2D eigenvalue weighted by Crippen LogP contribution is 2.40. The molecule has 4 rings (SSSR count). The highest BCUT2D eigenvalue weighted by Gasteiger charge is 2.51. The van der Waals surface area contributed by atoms with Crippen LogP contribution in [0.15, 0.2) is 30.3 Å². The number of primary amides is 1. The number of halogens is 1. The van der Waals surface area contributed by atoms with E-state index in [0.29, 0.717) is 17.1 Å². The zero-order valence-corrected chi connectivity index (χ0v) is 17.7. The maximum atomic E-state index is 14.2. The summed E-state index contributed by atoms with van der Waals surface area (Å²) in [5, 5.41) is 7.00. The van der Waals surface area contributed by atoms with Crippen LogP contribution in [0.5, 0.6) is 5.88 Å². The molecule has 5 N–H and O–H groups in total. The van der Waals surface area contributed by atoms with Gasteiger partial charge in [0.15, 0.2) is 11.2 Å². The third-order valence-electron chi connectivity index (χ3n) is 5.22. The summed E-state index contributed by atoms with van der Waals surface area (Å²) in [5.41, 5.74) is 10.7. The summed E-state index contributed by atoms with van der Waals surface area (Å²) >= 11 is 0. The van der Waals surface area contributed by atoms with E-state index in [4.69, 9.17) is 16.2 Å². The van der Waals surface area contributed by atoms with Crippen molar-refractivity contribution in [3.8, 4) is 17.4 Å². The van der Waals surface area contributed by atoms with Crippen LogP contribution >= 0.6 is 0 Å². The van der Waals surface area contributed by atoms with Crippen LogP contribution in [0.3, 0.4) is 0 Å². The van der Waals surface area contributed by atoms with Gasteiger partial charge in [-0.25, -0.2) is 19.0 Å². The van der Waals surface area contributed by atoms with Crippen LogP contribution in [0.2, 0.25) is 0 Å². The molecule has 0 aliphatic carbocycles. The zero-order chi connectivity index (χ0) is 23.2. The Morgan fingerprint density at radius 2 is 2.03 bits per heavy atom. The molecule has 2 aromatic heterocycles. The largest absolute Gasteiger partial charge is 0.475 e. The number of aromatic nitrogens is 4. The van der Waals surface area contributed by atoms with Crippen LogP contribution in [0.25, 0.3) is 11.5 Å². The number of rotatable bonds is 6. The first-order valence-electron chi connectivity index (χ1n) is 9.89. The van der Waals surface area contributed by atoms with E-state index in [-0.39, 0.29) is 41.5 Å². The summed E-state index contributed by atoms with van der Waals surface area (Å²) in [6.07, 6.45) is -0.166. The van der Waals surface area contributed by atoms with E-state index in [9.17, 15) is 14.0 Å². The highest BCUT2D eigenvalue weighted by atomic mass is 19.1. The van der Waals surface area contributed by atoms with E-state index in [1.807, 2.05) is 13.8 Å². The van der Waals surface area contributed by atoms with Gasteiger partial charge >= 0.3 is 0 Å². The lowest BCUT2D eigenvalue weighted by atomic mass is 9.84. The molecule has 1 atom stereocenters. The van der Waals surface area contributed by atoms with Gasteiger partial charge in [-0.05, 0) is 26.8 Å². The van der Waals surface area contributed by atoms with E-state index in [0.717, 1.165) is 0 Å². The summed E-state index contributed by atoms with van der Waals surface area (Å²) < 4.78 is 21.5. The van der Waals surface area contributed by atoms with Gasteiger partial charge in [0, 0.05) is 11.6 Å². The van der Waals surface area contributed by atoms with Crippen LogP contribution < -0.4 is 21.5 Å². The van der Waals surface area contributed by atoms with Gasteiger partial charge in [-0.1, -0.05) is 18.2 Å². The maximum absolute atomic E-state index is 14.2. The number of ether oxygens (including phenoxy) is 1. The molecular formula is C21H22FN7O3. The molecule has 0 saturated heterocycles. The smallest absolute Gasteiger partial charge is 0.245 e. The van der Waals surface area contributed by atoms with E-state index in [1.54, 1.807) is 24.3 Å². The second-order valence-corrected chi connectivity index (χ2v) is 7.88. The quantitative estimate of drug-likeness (QED) is 0.493. The van der Waals surface area contributed by atoms with Crippen molar-refractivity contribution in [3.63, 3.8) is 0 Å². The summed E-state index contributed by atoms with van der Waals surface area (Å²) in [5.74, 6) is -1.35. The normalized spacial score (nSPS) is 17.3. The number of nitrogens with zero attached hydrogens (tertiary/aromatic N) is 4. The molecule has 0 spiro atoms. The number of nitrogens with two attached hydrogens (primary N) is 2. The first-order valence-corrected chi connectivity index (χ1v) is 9.89. The van der Waals surface area contributed by atoms with Crippen molar-refractivity contribution in [1.29, 1.82) is 0 Å². The van der Waals surface area contributed by atoms with Crippen molar-refractivity contribution >= 4 is 23.5 Å². The predicted molar refractivity (Wildman–Crippen MR) is 114 cm³/mol. The van der Waals surface area contributed by atoms with E-state index >= 15 is 0 Å². The molecule has 1 aromatic carbocycles. The second-order valence-electron chi connectivity index (χ2n) is 7.88. The van der Waals surface area contributed by atoms with Crippen molar-refractivity contribution in [2.24, 2.45) is 5.73 Å². The first kappa shape index (κ1) is 21.2. The highest BCUT2D eigenvalue weighted by molar-refractivity contribution is 6.20. The molecule has 1 aliphatic rings. The number of hydrogen-bond acceptors (Lipinski definition) is 7. The van der Waals surface area contributed by atoms with Crippen LogP contribution in [-0.2, 0) is 21.5 Å². The third kappa shape index (κ3) is 3.41. The van der Waals surface area contributed by atoms with Crippen LogP contribution in [0, 0.1) is 5.82 Å². The second kappa shape index (κ2) is 7.59. The lowest BCUT2D eigenvalue weighted by molar-refractivity contribution is -0.131. The summed E-state index contributed by atoms with van der Waals surface area (Å²) in [4.78, 5) is 32.9. The van der Waals surface area contributed by atoms with E-state index in [1.165, 1.54) is 17.7 Å². The number of nitrogen functional groups attached to an aromatic ring is 1. The summed E-state index contributed by atoms with van der Waals surface area (Å²) in [7, 11) is 0. The lowest BCUT2D eigenvalue weighted by Crippen LogP contribution is -2.44. The molecule has 1 aliphatic heterocycles.